The van der Waals surface area contributed by atoms with E-state index in [0.29, 0.717) is 10.7 Å². The number of carbonyl (C=O) groups is 1. The van der Waals surface area contributed by atoms with Gasteiger partial charge >= 0.3 is 5.97 Å². The number of carbonyl (C=O) groups excluding carboxylic acids is 1. The molecule has 0 radical (unpaired) electrons. The molecule has 0 saturated carbocycles. The van der Waals surface area contributed by atoms with Crippen molar-refractivity contribution in [2.75, 3.05) is 6.61 Å². The average Bonchev–Trinajstić information content (AvgIpc) is 2.47. The first-order valence-electron chi connectivity index (χ1n) is 6.05. The van der Waals surface area contributed by atoms with Crippen molar-refractivity contribution in [3.8, 4) is 23.6 Å². The Balaban J connectivity index is 2.46. The lowest BCUT2D eigenvalue weighted by Gasteiger charge is -2.06. The lowest BCUT2D eigenvalue weighted by atomic mass is 10.1. The van der Waals surface area contributed by atoms with Crippen LogP contribution in [0.15, 0.2) is 36.4 Å². The molecule has 100 valence electrons. The number of rotatable bonds is 3. The SMILES string of the molecule is C#Cc1cccc(-c2cc(Cl)cc(C(=O)OCC)n2)c1. The lowest BCUT2D eigenvalue weighted by molar-refractivity contribution is 0.0519. The van der Waals surface area contributed by atoms with Gasteiger partial charge in [0.25, 0.3) is 0 Å². The zero-order valence-corrected chi connectivity index (χ0v) is 11.6. The average molecular weight is 286 g/mol. The topological polar surface area (TPSA) is 39.2 Å². The summed E-state index contributed by atoms with van der Waals surface area (Å²) < 4.78 is 4.93. The molecule has 0 bridgehead atoms. The van der Waals surface area contributed by atoms with E-state index in [1.54, 1.807) is 13.0 Å². The van der Waals surface area contributed by atoms with E-state index in [9.17, 15) is 4.79 Å². The Labute approximate surface area is 122 Å². The van der Waals surface area contributed by atoms with Crippen LogP contribution < -0.4 is 0 Å². The predicted molar refractivity (Wildman–Crippen MR) is 78.6 cm³/mol. The van der Waals surface area contributed by atoms with Gasteiger partial charge in [0.15, 0.2) is 5.69 Å². The minimum Gasteiger partial charge on any atom is -0.461 e. The van der Waals surface area contributed by atoms with Gasteiger partial charge in [-0.15, -0.1) is 6.42 Å². The van der Waals surface area contributed by atoms with Crippen LogP contribution in [0.25, 0.3) is 11.3 Å². The third kappa shape index (κ3) is 3.17. The quantitative estimate of drug-likeness (QED) is 0.639. The monoisotopic (exact) mass is 285 g/mol. The minimum absolute atomic E-state index is 0.181. The molecular formula is C16H12ClNO2. The molecule has 0 fully saturated rings. The first kappa shape index (κ1) is 14.1. The molecule has 2 rings (SSSR count). The highest BCUT2D eigenvalue weighted by Gasteiger charge is 2.12. The van der Waals surface area contributed by atoms with Gasteiger partial charge in [-0.25, -0.2) is 9.78 Å². The van der Waals surface area contributed by atoms with Crippen LogP contribution in [0.1, 0.15) is 23.0 Å². The Morgan fingerprint density at radius 1 is 1.40 bits per heavy atom. The van der Waals surface area contributed by atoms with Crippen molar-refractivity contribution >= 4 is 17.6 Å². The van der Waals surface area contributed by atoms with Crippen molar-refractivity contribution in [2.24, 2.45) is 0 Å². The second-order valence-corrected chi connectivity index (χ2v) is 4.44. The van der Waals surface area contributed by atoms with Crippen molar-refractivity contribution < 1.29 is 9.53 Å². The lowest BCUT2D eigenvalue weighted by Crippen LogP contribution is -2.07. The molecule has 2 aromatic rings. The third-order valence-corrected chi connectivity index (χ3v) is 2.82. The Kier molecular flexibility index (Phi) is 4.39. The van der Waals surface area contributed by atoms with Gasteiger partial charge in [0.1, 0.15) is 0 Å². The van der Waals surface area contributed by atoms with E-state index >= 15 is 0 Å². The van der Waals surface area contributed by atoms with E-state index < -0.39 is 5.97 Å². The largest absolute Gasteiger partial charge is 0.461 e. The Morgan fingerprint density at radius 3 is 2.90 bits per heavy atom. The molecule has 0 atom stereocenters. The number of nitrogens with zero attached hydrogens (tertiary/aromatic N) is 1. The molecule has 1 aromatic carbocycles. The van der Waals surface area contributed by atoms with Gasteiger partial charge in [0.05, 0.1) is 12.3 Å². The van der Waals surface area contributed by atoms with Crippen molar-refractivity contribution in [3.63, 3.8) is 0 Å². The van der Waals surface area contributed by atoms with Crippen LogP contribution in [-0.2, 0) is 4.74 Å². The molecule has 1 heterocycles. The fourth-order valence-electron chi connectivity index (χ4n) is 1.72. The summed E-state index contributed by atoms with van der Waals surface area (Å²) in [6.45, 7) is 2.02. The molecule has 1 aromatic heterocycles. The molecule has 3 nitrogen and oxygen atoms in total. The Hall–Kier alpha value is -2.31. The van der Waals surface area contributed by atoms with Crippen LogP contribution in [0, 0.1) is 12.3 Å². The maximum atomic E-state index is 11.7. The van der Waals surface area contributed by atoms with Crippen LogP contribution in [0.3, 0.4) is 0 Å². The van der Waals surface area contributed by atoms with Gasteiger partial charge in [-0.3, -0.25) is 0 Å². The zero-order chi connectivity index (χ0) is 14.5. The van der Waals surface area contributed by atoms with Crippen LogP contribution in [-0.4, -0.2) is 17.6 Å². The van der Waals surface area contributed by atoms with Gasteiger partial charge in [-0.1, -0.05) is 29.7 Å². The van der Waals surface area contributed by atoms with Gasteiger partial charge in [0, 0.05) is 16.1 Å². The number of ether oxygens (including phenoxy) is 1. The van der Waals surface area contributed by atoms with Crippen LogP contribution >= 0.6 is 11.6 Å². The molecule has 0 aliphatic heterocycles. The molecule has 20 heavy (non-hydrogen) atoms. The molecular weight excluding hydrogens is 274 g/mol. The molecule has 0 amide bonds. The molecule has 0 unspecified atom stereocenters. The summed E-state index contributed by atoms with van der Waals surface area (Å²) >= 11 is 6.03. The number of esters is 1. The number of aromatic nitrogens is 1. The van der Waals surface area contributed by atoms with Gasteiger partial charge in [-0.05, 0) is 31.2 Å². The summed E-state index contributed by atoms with van der Waals surface area (Å²) in [7, 11) is 0. The fourth-order valence-corrected chi connectivity index (χ4v) is 1.93. The van der Waals surface area contributed by atoms with Crippen molar-refractivity contribution in [1.82, 2.24) is 4.98 Å². The molecule has 0 aliphatic carbocycles. The standard InChI is InChI=1S/C16H12ClNO2/c1-3-11-6-5-7-12(8-11)14-9-13(17)10-15(18-14)16(19)20-4-2/h1,5-10H,4H2,2H3. The van der Waals surface area contributed by atoms with E-state index in [0.717, 1.165) is 11.1 Å². The molecule has 0 spiro atoms. The summed E-state index contributed by atoms with van der Waals surface area (Å²) in [6.07, 6.45) is 5.37. The number of benzene rings is 1. The maximum absolute atomic E-state index is 11.7. The Bertz CT molecular complexity index is 689. The third-order valence-electron chi connectivity index (χ3n) is 2.60. The van der Waals surface area contributed by atoms with Gasteiger partial charge < -0.3 is 4.74 Å². The summed E-state index contributed by atoms with van der Waals surface area (Å²) in [4.78, 5) is 16.0. The Morgan fingerprint density at radius 2 is 2.20 bits per heavy atom. The highest BCUT2D eigenvalue weighted by molar-refractivity contribution is 6.31. The van der Waals surface area contributed by atoms with Gasteiger partial charge in [-0.2, -0.15) is 0 Å². The number of pyridine rings is 1. The zero-order valence-electron chi connectivity index (χ0n) is 10.9. The van der Waals surface area contributed by atoms with E-state index in [1.807, 2.05) is 24.3 Å². The van der Waals surface area contributed by atoms with E-state index in [4.69, 9.17) is 22.8 Å². The number of terminal acetylenes is 1. The first-order valence-corrected chi connectivity index (χ1v) is 6.43. The molecule has 0 N–H and O–H groups in total. The van der Waals surface area contributed by atoms with Crippen molar-refractivity contribution in [1.29, 1.82) is 0 Å². The smallest absolute Gasteiger partial charge is 0.356 e. The highest BCUT2D eigenvalue weighted by Crippen LogP contribution is 2.23. The minimum atomic E-state index is -0.496. The van der Waals surface area contributed by atoms with Crippen LogP contribution in [0.2, 0.25) is 5.02 Å². The second-order valence-electron chi connectivity index (χ2n) is 4.00. The van der Waals surface area contributed by atoms with E-state index in [2.05, 4.69) is 10.9 Å². The van der Waals surface area contributed by atoms with Crippen LogP contribution in [0.4, 0.5) is 0 Å². The fraction of sp³-hybridized carbons (Fsp3) is 0.125. The summed E-state index contributed by atoms with van der Waals surface area (Å²) in [6, 6.07) is 10.5. The van der Waals surface area contributed by atoms with Gasteiger partial charge in [0.2, 0.25) is 0 Å². The molecule has 0 saturated heterocycles. The van der Waals surface area contributed by atoms with Crippen molar-refractivity contribution in [3.05, 3.63) is 52.7 Å². The summed E-state index contributed by atoms with van der Waals surface area (Å²) in [5, 5.41) is 0.421. The highest BCUT2D eigenvalue weighted by atomic mass is 35.5. The van der Waals surface area contributed by atoms with Crippen LogP contribution in [0.5, 0.6) is 0 Å². The summed E-state index contributed by atoms with van der Waals surface area (Å²) in [5.74, 6) is 2.06. The van der Waals surface area contributed by atoms with E-state index in [1.165, 1.54) is 6.07 Å². The maximum Gasteiger partial charge on any atom is 0.356 e. The van der Waals surface area contributed by atoms with Crippen molar-refractivity contribution in [2.45, 2.75) is 6.92 Å². The first-order chi connectivity index (χ1) is 9.63. The number of halogens is 1. The summed E-state index contributed by atoms with van der Waals surface area (Å²) in [5.41, 5.74) is 2.30. The number of hydrogen-bond donors (Lipinski definition) is 0. The predicted octanol–water partition coefficient (Wildman–Crippen LogP) is 3.56. The number of hydrogen-bond acceptors (Lipinski definition) is 3. The second kappa shape index (κ2) is 6.23. The molecule has 4 heteroatoms. The molecule has 0 aliphatic rings. The van der Waals surface area contributed by atoms with E-state index in [-0.39, 0.29) is 12.3 Å². The normalized spacial score (nSPS) is 9.85.